The molecule has 5 nitrogen and oxygen atoms in total. The smallest absolute Gasteiger partial charge is 0.264 e. The number of ether oxygens (including phenoxy) is 1. The second-order valence-corrected chi connectivity index (χ2v) is 4.44. The van der Waals surface area contributed by atoms with E-state index in [1.165, 1.54) is 30.3 Å². The molecular weight excluding hydrogens is 287 g/mol. The van der Waals surface area contributed by atoms with Gasteiger partial charge in [-0.3, -0.25) is 4.79 Å². The lowest BCUT2D eigenvalue weighted by Gasteiger charge is -2.26. The summed E-state index contributed by atoms with van der Waals surface area (Å²) in [6, 6.07) is 7.54. The summed E-state index contributed by atoms with van der Waals surface area (Å²) in [5.41, 5.74) is 0.674. The molecule has 118 valence electrons. The lowest BCUT2D eigenvalue weighted by molar-refractivity contribution is -0.130. The van der Waals surface area contributed by atoms with Crippen molar-refractivity contribution >= 4 is 12.0 Å². The van der Waals surface area contributed by atoms with Gasteiger partial charge in [0.25, 0.3) is 5.91 Å². The summed E-state index contributed by atoms with van der Waals surface area (Å²) in [7, 11) is 0. The lowest BCUT2D eigenvalue weighted by atomic mass is 10.1. The molecule has 0 bridgehead atoms. The lowest BCUT2D eigenvalue weighted by Crippen LogP contribution is -2.41. The molecule has 0 aromatic heterocycles. The summed E-state index contributed by atoms with van der Waals surface area (Å²) < 4.78 is 17.9. The molecule has 1 saturated heterocycles. The summed E-state index contributed by atoms with van der Waals surface area (Å²) in [6.07, 6.45) is 1.47. The Bertz CT molecular complexity index is 544. The zero-order valence-electron chi connectivity index (χ0n) is 12.5. The van der Waals surface area contributed by atoms with Gasteiger partial charge in [-0.2, -0.15) is 5.26 Å². The molecule has 22 heavy (non-hydrogen) atoms. The molecule has 1 fully saturated rings. The molecule has 1 N–H and O–H groups in total. The van der Waals surface area contributed by atoms with Gasteiger partial charge in [-0.15, -0.1) is 0 Å². The Morgan fingerprint density at radius 2 is 1.95 bits per heavy atom. The highest BCUT2D eigenvalue weighted by molar-refractivity contribution is 6.01. The summed E-state index contributed by atoms with van der Waals surface area (Å²) in [5, 5.41) is 16.6. The monoisotopic (exact) mass is 306 g/mol. The van der Waals surface area contributed by atoms with E-state index in [9.17, 15) is 9.18 Å². The molecule has 1 amide bonds. The number of morpholine rings is 1. The van der Waals surface area contributed by atoms with Crippen LogP contribution in [0.1, 0.15) is 12.5 Å². The minimum Gasteiger partial charge on any atom is -0.397 e. The van der Waals surface area contributed by atoms with E-state index in [2.05, 4.69) is 0 Å². The van der Waals surface area contributed by atoms with E-state index in [0.29, 0.717) is 31.9 Å². The molecule has 0 spiro atoms. The van der Waals surface area contributed by atoms with Gasteiger partial charge in [0, 0.05) is 19.7 Å². The van der Waals surface area contributed by atoms with Crippen LogP contribution >= 0.6 is 0 Å². The number of nitrogens with zero attached hydrogens (tertiary/aromatic N) is 2. The molecule has 0 aliphatic carbocycles. The zero-order valence-corrected chi connectivity index (χ0v) is 12.5. The van der Waals surface area contributed by atoms with Gasteiger partial charge in [-0.05, 0) is 30.7 Å². The number of nitriles is 1. The zero-order chi connectivity index (χ0) is 16.4. The molecule has 1 heterocycles. The van der Waals surface area contributed by atoms with E-state index in [0.717, 1.165) is 0 Å². The van der Waals surface area contributed by atoms with Crippen LogP contribution in [-0.4, -0.2) is 48.8 Å². The Morgan fingerprint density at radius 1 is 1.41 bits per heavy atom. The van der Waals surface area contributed by atoms with Crippen molar-refractivity contribution in [2.24, 2.45) is 0 Å². The highest BCUT2D eigenvalue weighted by Gasteiger charge is 2.20. The molecule has 1 aromatic rings. The van der Waals surface area contributed by atoms with Gasteiger partial charge < -0.3 is 14.7 Å². The van der Waals surface area contributed by atoms with Crippen molar-refractivity contribution in [1.82, 2.24) is 4.90 Å². The molecule has 6 heteroatoms. The highest BCUT2D eigenvalue weighted by Crippen LogP contribution is 2.11. The van der Waals surface area contributed by atoms with Gasteiger partial charge in [0.2, 0.25) is 0 Å². The average Bonchev–Trinajstić information content (AvgIpc) is 2.55. The number of aliphatic hydroxyl groups excluding tert-OH is 1. The van der Waals surface area contributed by atoms with E-state index in [-0.39, 0.29) is 23.9 Å². The summed E-state index contributed by atoms with van der Waals surface area (Å²) in [5.74, 6) is -0.662. The van der Waals surface area contributed by atoms with Crippen LogP contribution < -0.4 is 0 Å². The minimum atomic E-state index is -0.352. The van der Waals surface area contributed by atoms with Crippen molar-refractivity contribution in [3.8, 4) is 6.07 Å². The second-order valence-electron chi connectivity index (χ2n) is 4.44. The summed E-state index contributed by atoms with van der Waals surface area (Å²) >= 11 is 0. The van der Waals surface area contributed by atoms with Gasteiger partial charge in [-0.25, -0.2) is 4.39 Å². The number of amides is 1. The van der Waals surface area contributed by atoms with Crippen molar-refractivity contribution in [3.63, 3.8) is 0 Å². The predicted molar refractivity (Wildman–Crippen MR) is 80.1 cm³/mol. The van der Waals surface area contributed by atoms with Gasteiger partial charge in [-0.1, -0.05) is 12.1 Å². The molecule has 1 aliphatic heterocycles. The quantitative estimate of drug-likeness (QED) is 0.665. The number of carbonyl (C=O) groups excluding carboxylic acids is 1. The Morgan fingerprint density at radius 3 is 2.45 bits per heavy atom. The fraction of sp³-hybridized carbons (Fsp3) is 0.375. The normalized spacial score (nSPS) is 14.6. The number of carbonyl (C=O) groups is 1. The molecule has 0 atom stereocenters. The minimum absolute atomic E-state index is 0.0495. The Balaban J connectivity index is 0.000000745. The second kappa shape index (κ2) is 9.66. The van der Waals surface area contributed by atoms with E-state index in [1.54, 1.807) is 11.8 Å². The summed E-state index contributed by atoms with van der Waals surface area (Å²) in [4.78, 5) is 13.7. The first-order valence-electron chi connectivity index (χ1n) is 6.97. The Labute approximate surface area is 129 Å². The number of aliphatic hydroxyl groups is 1. The third kappa shape index (κ3) is 5.64. The highest BCUT2D eigenvalue weighted by atomic mass is 19.1. The number of halogens is 1. The maximum absolute atomic E-state index is 12.8. The first kappa shape index (κ1) is 17.8. The van der Waals surface area contributed by atoms with Crippen LogP contribution in [0.4, 0.5) is 4.39 Å². The summed E-state index contributed by atoms with van der Waals surface area (Å²) in [6.45, 7) is 3.88. The van der Waals surface area contributed by atoms with E-state index < -0.39 is 0 Å². The molecule has 0 radical (unpaired) electrons. The number of hydrogen-bond donors (Lipinski definition) is 1. The Kier molecular flexibility index (Phi) is 7.83. The van der Waals surface area contributed by atoms with Gasteiger partial charge >= 0.3 is 0 Å². The van der Waals surface area contributed by atoms with Gasteiger partial charge in [0.1, 0.15) is 17.5 Å². The van der Waals surface area contributed by atoms with Crippen molar-refractivity contribution in [3.05, 3.63) is 41.2 Å². The Hall–Kier alpha value is -2.23. The molecular formula is C16H19FN2O3. The fourth-order valence-electron chi connectivity index (χ4n) is 1.80. The SMILES string of the molecule is CCO.N#C/C(=C/c1ccc(F)cc1)C(=O)N1CCOCC1. The predicted octanol–water partition coefficient (Wildman–Crippen LogP) is 1.59. The first-order chi connectivity index (χ1) is 10.6. The van der Waals surface area contributed by atoms with E-state index >= 15 is 0 Å². The number of rotatable bonds is 2. The van der Waals surface area contributed by atoms with Crippen LogP contribution in [0.3, 0.4) is 0 Å². The standard InChI is InChI=1S/C14H13FN2O2.C2H6O/c15-13-3-1-11(2-4-13)9-12(10-16)14(18)17-5-7-19-8-6-17;1-2-3/h1-4,9H,5-8H2;3H,2H2,1H3/b12-9-;. The molecule has 2 rings (SSSR count). The molecule has 0 saturated carbocycles. The van der Waals surface area contributed by atoms with Gasteiger partial charge in [0.15, 0.2) is 0 Å². The van der Waals surface area contributed by atoms with Crippen molar-refractivity contribution < 1.29 is 19.0 Å². The molecule has 1 aliphatic rings. The van der Waals surface area contributed by atoms with Gasteiger partial charge in [0.05, 0.1) is 13.2 Å². The topological polar surface area (TPSA) is 73.6 Å². The van der Waals surface area contributed by atoms with Crippen LogP contribution in [-0.2, 0) is 9.53 Å². The number of benzene rings is 1. The number of hydrogen-bond acceptors (Lipinski definition) is 4. The third-order valence-electron chi connectivity index (χ3n) is 2.83. The average molecular weight is 306 g/mol. The van der Waals surface area contributed by atoms with Crippen LogP contribution in [0.5, 0.6) is 0 Å². The van der Waals surface area contributed by atoms with Crippen LogP contribution in [0.2, 0.25) is 0 Å². The maximum Gasteiger partial charge on any atom is 0.264 e. The largest absolute Gasteiger partial charge is 0.397 e. The molecule has 0 unspecified atom stereocenters. The van der Waals surface area contributed by atoms with Crippen molar-refractivity contribution in [1.29, 1.82) is 5.26 Å². The van der Waals surface area contributed by atoms with Crippen LogP contribution in [0.25, 0.3) is 6.08 Å². The fourth-order valence-corrected chi connectivity index (χ4v) is 1.80. The van der Waals surface area contributed by atoms with Crippen LogP contribution in [0, 0.1) is 17.1 Å². The first-order valence-corrected chi connectivity index (χ1v) is 6.97. The van der Waals surface area contributed by atoms with E-state index in [4.69, 9.17) is 15.1 Å². The van der Waals surface area contributed by atoms with Crippen molar-refractivity contribution in [2.75, 3.05) is 32.9 Å². The van der Waals surface area contributed by atoms with E-state index in [1.807, 2.05) is 6.07 Å². The van der Waals surface area contributed by atoms with Crippen molar-refractivity contribution in [2.45, 2.75) is 6.92 Å². The molecule has 1 aromatic carbocycles. The van der Waals surface area contributed by atoms with Crippen LogP contribution in [0.15, 0.2) is 29.8 Å². The maximum atomic E-state index is 12.8. The third-order valence-corrected chi connectivity index (χ3v) is 2.83.